The number of nitrogens with one attached hydrogen (secondary N) is 1. The third-order valence-corrected chi connectivity index (χ3v) is 2.98. The van der Waals surface area contributed by atoms with Gasteiger partial charge in [-0.3, -0.25) is 0 Å². The molecule has 0 amide bonds. The number of aromatic amines is 1. The van der Waals surface area contributed by atoms with Crippen molar-refractivity contribution in [2.45, 2.75) is 13.8 Å². The third kappa shape index (κ3) is 1.48. The molecule has 2 aromatic heterocycles. The van der Waals surface area contributed by atoms with Crippen molar-refractivity contribution in [3.8, 4) is 11.3 Å². The monoisotopic (exact) mass is 206 g/mol. The highest BCUT2D eigenvalue weighted by atomic mass is 32.1. The third-order valence-electron chi connectivity index (χ3n) is 2.13. The highest BCUT2D eigenvalue weighted by Crippen LogP contribution is 2.26. The molecule has 0 fully saturated rings. The number of hydrogen-bond donors (Lipinski definition) is 1. The van der Waals surface area contributed by atoms with Crippen molar-refractivity contribution in [3.05, 3.63) is 38.6 Å². The van der Waals surface area contributed by atoms with Gasteiger partial charge in [0.1, 0.15) is 0 Å². The number of hydrogen-bond acceptors (Lipinski definition) is 3. The van der Waals surface area contributed by atoms with E-state index < -0.39 is 0 Å². The Balaban J connectivity index is 2.68. The Hall–Kier alpha value is -1.42. The fourth-order valence-electron chi connectivity index (χ4n) is 1.38. The highest BCUT2D eigenvalue weighted by Gasteiger charge is 2.06. The summed E-state index contributed by atoms with van der Waals surface area (Å²) in [7, 11) is 0. The van der Waals surface area contributed by atoms with Gasteiger partial charge >= 0.3 is 5.69 Å². The fourth-order valence-corrected chi connectivity index (χ4v) is 2.09. The molecule has 0 unspecified atom stereocenters. The Morgan fingerprint density at radius 3 is 2.86 bits per heavy atom. The molecule has 0 saturated heterocycles. The first kappa shape index (κ1) is 9.15. The second-order valence-electron chi connectivity index (χ2n) is 3.14. The molecule has 14 heavy (non-hydrogen) atoms. The van der Waals surface area contributed by atoms with Gasteiger partial charge in [0, 0.05) is 16.6 Å². The summed E-state index contributed by atoms with van der Waals surface area (Å²) in [6, 6.07) is 2.01. The molecule has 0 radical (unpaired) electrons. The number of thiophene rings is 1. The summed E-state index contributed by atoms with van der Waals surface area (Å²) in [5, 5.41) is 2.02. The van der Waals surface area contributed by atoms with Crippen molar-refractivity contribution in [2.24, 2.45) is 0 Å². The predicted molar refractivity (Wildman–Crippen MR) is 57.6 cm³/mol. The second-order valence-corrected chi connectivity index (χ2v) is 4.26. The van der Waals surface area contributed by atoms with Crippen LogP contribution in [0.4, 0.5) is 0 Å². The van der Waals surface area contributed by atoms with Crippen LogP contribution in [0, 0.1) is 13.8 Å². The maximum absolute atomic E-state index is 11.1. The number of aryl methyl sites for hydroxylation is 2. The van der Waals surface area contributed by atoms with E-state index in [9.17, 15) is 4.79 Å². The minimum Gasteiger partial charge on any atom is -0.305 e. The fraction of sp³-hybridized carbons (Fsp3) is 0.200. The van der Waals surface area contributed by atoms with Gasteiger partial charge in [-0.05, 0) is 30.9 Å². The van der Waals surface area contributed by atoms with Gasteiger partial charge in [0.05, 0.1) is 5.69 Å². The smallest absolute Gasteiger partial charge is 0.305 e. The normalized spacial score (nSPS) is 10.4. The molecule has 0 bridgehead atoms. The summed E-state index contributed by atoms with van der Waals surface area (Å²) in [4.78, 5) is 18.7. The number of nitrogens with zero attached hydrogens (tertiary/aromatic N) is 1. The lowest BCUT2D eigenvalue weighted by atomic mass is 10.1. The van der Waals surface area contributed by atoms with E-state index in [0.717, 1.165) is 16.8 Å². The molecular weight excluding hydrogens is 196 g/mol. The van der Waals surface area contributed by atoms with Gasteiger partial charge in [0.2, 0.25) is 0 Å². The summed E-state index contributed by atoms with van der Waals surface area (Å²) in [5.41, 5.74) is 2.66. The molecular formula is C10H10N2OS. The maximum atomic E-state index is 11.1. The van der Waals surface area contributed by atoms with E-state index in [0.29, 0.717) is 0 Å². The van der Waals surface area contributed by atoms with Crippen LogP contribution in [0.1, 0.15) is 10.4 Å². The van der Waals surface area contributed by atoms with Gasteiger partial charge in [-0.1, -0.05) is 0 Å². The minimum absolute atomic E-state index is 0.295. The molecule has 0 aromatic carbocycles. The molecule has 1 N–H and O–H groups in total. The zero-order valence-corrected chi connectivity index (χ0v) is 8.81. The molecule has 0 aliphatic heterocycles. The highest BCUT2D eigenvalue weighted by molar-refractivity contribution is 7.10. The van der Waals surface area contributed by atoms with Crippen molar-refractivity contribution in [2.75, 3.05) is 0 Å². The zero-order chi connectivity index (χ0) is 10.1. The van der Waals surface area contributed by atoms with Crippen molar-refractivity contribution in [1.29, 1.82) is 0 Å². The Labute approximate surface area is 85.5 Å². The van der Waals surface area contributed by atoms with E-state index in [4.69, 9.17) is 0 Å². The lowest BCUT2D eigenvalue weighted by Crippen LogP contribution is -2.11. The molecule has 0 spiro atoms. The van der Waals surface area contributed by atoms with E-state index in [2.05, 4.69) is 9.97 Å². The van der Waals surface area contributed by atoms with Crippen LogP contribution in [-0.4, -0.2) is 9.97 Å². The largest absolute Gasteiger partial charge is 0.345 e. The number of rotatable bonds is 1. The Morgan fingerprint density at radius 1 is 1.43 bits per heavy atom. The average molecular weight is 206 g/mol. The first-order valence-electron chi connectivity index (χ1n) is 4.29. The Kier molecular flexibility index (Phi) is 2.21. The minimum atomic E-state index is -0.295. The van der Waals surface area contributed by atoms with Crippen molar-refractivity contribution < 1.29 is 0 Å². The van der Waals surface area contributed by atoms with Gasteiger partial charge in [-0.25, -0.2) is 9.78 Å². The SMILES string of the molecule is Cc1cnc(=O)[nH]c1-c1ccsc1C. The molecule has 0 atom stereocenters. The number of H-pyrrole nitrogens is 1. The molecule has 0 aliphatic rings. The predicted octanol–water partition coefficient (Wildman–Crippen LogP) is 2.12. The summed E-state index contributed by atoms with van der Waals surface area (Å²) < 4.78 is 0. The maximum Gasteiger partial charge on any atom is 0.345 e. The van der Waals surface area contributed by atoms with Crippen molar-refractivity contribution >= 4 is 11.3 Å². The first-order chi connectivity index (χ1) is 6.68. The van der Waals surface area contributed by atoms with Gasteiger partial charge in [-0.15, -0.1) is 11.3 Å². The summed E-state index contributed by atoms with van der Waals surface area (Å²) >= 11 is 1.67. The topological polar surface area (TPSA) is 45.8 Å². The Bertz CT molecular complexity index is 513. The second kappa shape index (κ2) is 3.38. The lowest BCUT2D eigenvalue weighted by molar-refractivity contribution is 1.06. The molecule has 2 aromatic rings. The van der Waals surface area contributed by atoms with Crippen LogP contribution in [0.5, 0.6) is 0 Å². The van der Waals surface area contributed by atoms with Crippen molar-refractivity contribution in [1.82, 2.24) is 9.97 Å². The van der Waals surface area contributed by atoms with Crippen LogP contribution < -0.4 is 5.69 Å². The lowest BCUT2D eigenvalue weighted by Gasteiger charge is -2.02. The molecule has 2 heterocycles. The van der Waals surface area contributed by atoms with E-state index in [1.807, 2.05) is 25.3 Å². The molecule has 0 aliphatic carbocycles. The summed E-state index contributed by atoms with van der Waals surface area (Å²) in [6.07, 6.45) is 1.60. The van der Waals surface area contributed by atoms with Crippen LogP contribution in [-0.2, 0) is 0 Å². The molecule has 3 nitrogen and oxygen atoms in total. The van der Waals surface area contributed by atoms with Crippen molar-refractivity contribution in [3.63, 3.8) is 0 Å². The van der Waals surface area contributed by atoms with Crippen LogP contribution in [0.25, 0.3) is 11.3 Å². The van der Waals surface area contributed by atoms with Crippen LogP contribution in [0.2, 0.25) is 0 Å². The van der Waals surface area contributed by atoms with Gasteiger partial charge in [0.25, 0.3) is 0 Å². The van der Waals surface area contributed by atoms with Crippen LogP contribution >= 0.6 is 11.3 Å². The molecule has 72 valence electrons. The van der Waals surface area contributed by atoms with Crippen LogP contribution in [0.3, 0.4) is 0 Å². The van der Waals surface area contributed by atoms with Gasteiger partial charge in [0.15, 0.2) is 0 Å². The summed E-state index contributed by atoms with van der Waals surface area (Å²) in [6.45, 7) is 3.98. The standard InChI is InChI=1S/C10H10N2OS/c1-6-5-11-10(13)12-9(6)8-3-4-14-7(8)2/h3-5H,1-2H3,(H,11,12,13). The Morgan fingerprint density at radius 2 is 2.21 bits per heavy atom. The number of aromatic nitrogens is 2. The van der Waals surface area contributed by atoms with E-state index in [1.165, 1.54) is 4.88 Å². The average Bonchev–Trinajstić information content (AvgIpc) is 2.56. The van der Waals surface area contributed by atoms with E-state index in [-0.39, 0.29) is 5.69 Å². The zero-order valence-electron chi connectivity index (χ0n) is 8.00. The van der Waals surface area contributed by atoms with E-state index in [1.54, 1.807) is 17.5 Å². The first-order valence-corrected chi connectivity index (χ1v) is 5.17. The quantitative estimate of drug-likeness (QED) is 0.776. The molecule has 2 rings (SSSR count). The van der Waals surface area contributed by atoms with Gasteiger partial charge < -0.3 is 4.98 Å². The molecule has 0 saturated carbocycles. The summed E-state index contributed by atoms with van der Waals surface area (Å²) in [5.74, 6) is 0. The molecule has 4 heteroatoms. The van der Waals surface area contributed by atoms with Gasteiger partial charge in [-0.2, -0.15) is 0 Å². The van der Waals surface area contributed by atoms with E-state index >= 15 is 0 Å². The van der Waals surface area contributed by atoms with Crippen LogP contribution in [0.15, 0.2) is 22.4 Å².